The monoisotopic (exact) mass is 307 g/mol. The van der Waals surface area contributed by atoms with Crippen LogP contribution in [0.1, 0.15) is 18.3 Å². The quantitative estimate of drug-likeness (QED) is 0.767. The molecule has 8 nitrogen and oxygen atoms in total. The van der Waals surface area contributed by atoms with Crippen molar-refractivity contribution in [3.05, 3.63) is 11.4 Å². The number of urea groups is 1. The fourth-order valence-electron chi connectivity index (χ4n) is 1.12. The number of amides is 2. The standard InChI is InChI=1S/C10H12F3N5O3/c1-4-5(2)17-18-7(14-4)15-8(21)16-9(3,6(19)20)10(11,12)13/h1-3H3,(H,19,20)(H2,14,15,16,18,21). The first kappa shape index (κ1) is 16.6. The highest BCUT2D eigenvalue weighted by molar-refractivity contribution is 5.93. The van der Waals surface area contributed by atoms with Crippen LogP contribution in [-0.2, 0) is 4.79 Å². The normalized spacial score (nSPS) is 14.2. The van der Waals surface area contributed by atoms with Crippen LogP contribution < -0.4 is 10.6 Å². The van der Waals surface area contributed by atoms with Gasteiger partial charge in [-0.25, -0.2) is 14.6 Å². The lowest BCUT2D eigenvalue weighted by atomic mass is 10.0. The van der Waals surface area contributed by atoms with Crippen molar-refractivity contribution in [2.45, 2.75) is 32.5 Å². The molecular formula is C10H12F3N5O3. The number of aliphatic carboxylic acids is 1. The molecule has 116 valence electrons. The molecule has 11 heteroatoms. The molecule has 0 aromatic carbocycles. The van der Waals surface area contributed by atoms with Gasteiger partial charge in [0.05, 0.1) is 11.4 Å². The number of alkyl halides is 3. The van der Waals surface area contributed by atoms with Gasteiger partial charge in [-0.05, 0) is 20.8 Å². The number of aryl methyl sites for hydroxylation is 2. The molecule has 0 saturated heterocycles. The minimum atomic E-state index is -5.18. The van der Waals surface area contributed by atoms with Gasteiger partial charge in [-0.3, -0.25) is 5.32 Å². The Kier molecular flexibility index (Phi) is 4.35. The van der Waals surface area contributed by atoms with Gasteiger partial charge in [-0.2, -0.15) is 18.3 Å². The second kappa shape index (κ2) is 5.50. The third-order valence-electron chi connectivity index (χ3n) is 2.68. The molecule has 1 aromatic rings. The zero-order valence-electron chi connectivity index (χ0n) is 11.2. The van der Waals surface area contributed by atoms with Gasteiger partial charge >= 0.3 is 18.2 Å². The molecule has 0 radical (unpaired) electrons. The van der Waals surface area contributed by atoms with Gasteiger partial charge < -0.3 is 10.4 Å². The van der Waals surface area contributed by atoms with Crippen molar-refractivity contribution in [1.82, 2.24) is 20.5 Å². The van der Waals surface area contributed by atoms with E-state index in [0.29, 0.717) is 18.3 Å². The van der Waals surface area contributed by atoms with E-state index in [4.69, 9.17) is 5.11 Å². The summed E-state index contributed by atoms with van der Waals surface area (Å²) in [5, 5.41) is 19.0. The van der Waals surface area contributed by atoms with Crippen LogP contribution in [0.4, 0.5) is 23.9 Å². The lowest BCUT2D eigenvalue weighted by Crippen LogP contribution is -2.62. The zero-order valence-corrected chi connectivity index (χ0v) is 11.2. The van der Waals surface area contributed by atoms with E-state index < -0.39 is 23.7 Å². The molecule has 2 amide bonds. The Bertz CT molecular complexity index is 578. The first-order valence-electron chi connectivity index (χ1n) is 5.54. The van der Waals surface area contributed by atoms with Crippen molar-refractivity contribution in [2.75, 3.05) is 5.32 Å². The maximum absolute atomic E-state index is 12.7. The van der Waals surface area contributed by atoms with E-state index >= 15 is 0 Å². The van der Waals surface area contributed by atoms with Crippen LogP contribution in [-0.4, -0.2) is 44.0 Å². The van der Waals surface area contributed by atoms with E-state index in [-0.39, 0.29) is 5.95 Å². The third kappa shape index (κ3) is 3.55. The first-order chi connectivity index (χ1) is 9.47. The van der Waals surface area contributed by atoms with Crippen molar-refractivity contribution < 1.29 is 27.9 Å². The average Bonchev–Trinajstić information content (AvgIpc) is 2.32. The first-order valence-corrected chi connectivity index (χ1v) is 5.54. The van der Waals surface area contributed by atoms with Crippen molar-refractivity contribution in [1.29, 1.82) is 0 Å². The number of carboxylic acids is 1. The Morgan fingerprint density at radius 2 is 1.71 bits per heavy atom. The number of carbonyl (C=O) groups is 2. The molecule has 0 spiro atoms. The van der Waals surface area contributed by atoms with Crippen LogP contribution in [0.15, 0.2) is 0 Å². The number of aromatic nitrogens is 3. The number of anilines is 1. The molecule has 1 rings (SSSR count). The minimum Gasteiger partial charge on any atom is -0.479 e. The van der Waals surface area contributed by atoms with Crippen LogP contribution in [0.2, 0.25) is 0 Å². The molecule has 1 aromatic heterocycles. The Morgan fingerprint density at radius 1 is 1.14 bits per heavy atom. The van der Waals surface area contributed by atoms with E-state index in [9.17, 15) is 22.8 Å². The van der Waals surface area contributed by atoms with Crippen LogP contribution in [0.25, 0.3) is 0 Å². The van der Waals surface area contributed by atoms with E-state index in [1.807, 2.05) is 5.32 Å². The summed E-state index contributed by atoms with van der Waals surface area (Å²) >= 11 is 0. The summed E-state index contributed by atoms with van der Waals surface area (Å²) in [7, 11) is 0. The summed E-state index contributed by atoms with van der Waals surface area (Å²) in [6.45, 7) is 3.49. The van der Waals surface area contributed by atoms with Crippen LogP contribution >= 0.6 is 0 Å². The SMILES string of the molecule is Cc1nnc(NC(=O)NC(C)(C(=O)O)C(F)(F)F)nc1C. The molecule has 0 aliphatic rings. The van der Waals surface area contributed by atoms with Gasteiger partial charge in [0, 0.05) is 0 Å². The molecule has 3 N–H and O–H groups in total. The molecule has 1 heterocycles. The van der Waals surface area contributed by atoms with Crippen LogP contribution in [0, 0.1) is 13.8 Å². The van der Waals surface area contributed by atoms with E-state index in [1.54, 1.807) is 13.8 Å². The number of nitrogens with zero attached hydrogens (tertiary/aromatic N) is 3. The van der Waals surface area contributed by atoms with Crippen molar-refractivity contribution in [2.24, 2.45) is 0 Å². The second-order valence-electron chi connectivity index (χ2n) is 4.31. The highest BCUT2D eigenvalue weighted by atomic mass is 19.4. The number of carbonyl (C=O) groups excluding carboxylic acids is 1. The maximum atomic E-state index is 12.7. The highest BCUT2D eigenvalue weighted by Gasteiger charge is 2.58. The number of halogens is 3. The van der Waals surface area contributed by atoms with Crippen molar-refractivity contribution >= 4 is 17.9 Å². The largest absolute Gasteiger partial charge is 0.479 e. The van der Waals surface area contributed by atoms with Crippen molar-refractivity contribution in [3.8, 4) is 0 Å². The average molecular weight is 307 g/mol. The minimum absolute atomic E-state index is 0.328. The Balaban J connectivity index is 2.89. The number of hydrogen-bond donors (Lipinski definition) is 3. The number of hydrogen-bond acceptors (Lipinski definition) is 5. The van der Waals surface area contributed by atoms with E-state index in [0.717, 1.165) is 0 Å². The predicted octanol–water partition coefficient (Wildman–Crippen LogP) is 1.02. The summed E-state index contributed by atoms with van der Waals surface area (Å²) in [6.07, 6.45) is -5.18. The molecule has 1 unspecified atom stereocenters. The molecule has 0 aliphatic carbocycles. The Morgan fingerprint density at radius 3 is 2.14 bits per heavy atom. The Hall–Kier alpha value is -2.46. The van der Waals surface area contributed by atoms with E-state index in [2.05, 4.69) is 15.2 Å². The van der Waals surface area contributed by atoms with Gasteiger partial charge in [0.15, 0.2) is 0 Å². The van der Waals surface area contributed by atoms with Gasteiger partial charge in [0.2, 0.25) is 5.54 Å². The second-order valence-corrected chi connectivity index (χ2v) is 4.31. The fraction of sp³-hybridized carbons (Fsp3) is 0.500. The molecule has 21 heavy (non-hydrogen) atoms. The summed E-state index contributed by atoms with van der Waals surface area (Å²) in [4.78, 5) is 26.0. The predicted molar refractivity (Wildman–Crippen MR) is 63.6 cm³/mol. The number of carboxylic acid groups (broad SMARTS) is 1. The fourth-order valence-corrected chi connectivity index (χ4v) is 1.12. The van der Waals surface area contributed by atoms with Gasteiger partial charge in [-0.1, -0.05) is 0 Å². The van der Waals surface area contributed by atoms with Crippen LogP contribution in [0.3, 0.4) is 0 Å². The highest BCUT2D eigenvalue weighted by Crippen LogP contribution is 2.30. The Labute approximate surface area is 116 Å². The summed E-state index contributed by atoms with van der Waals surface area (Å²) in [5.74, 6) is -2.59. The smallest absolute Gasteiger partial charge is 0.422 e. The number of rotatable bonds is 3. The molecule has 0 bridgehead atoms. The number of nitrogens with one attached hydrogen (secondary N) is 2. The lowest BCUT2D eigenvalue weighted by Gasteiger charge is -2.28. The summed E-state index contributed by atoms with van der Waals surface area (Å²) in [5.41, 5.74) is -2.55. The zero-order chi connectivity index (χ0) is 16.4. The lowest BCUT2D eigenvalue weighted by molar-refractivity contribution is -0.203. The molecular weight excluding hydrogens is 295 g/mol. The van der Waals surface area contributed by atoms with Crippen LogP contribution in [0.5, 0.6) is 0 Å². The van der Waals surface area contributed by atoms with Gasteiger partial charge in [0.25, 0.3) is 5.95 Å². The van der Waals surface area contributed by atoms with Crippen molar-refractivity contribution in [3.63, 3.8) is 0 Å². The molecule has 1 atom stereocenters. The topological polar surface area (TPSA) is 117 Å². The van der Waals surface area contributed by atoms with E-state index in [1.165, 1.54) is 5.32 Å². The summed E-state index contributed by atoms with van der Waals surface area (Å²) in [6, 6.07) is -1.41. The van der Waals surface area contributed by atoms with Gasteiger partial charge in [-0.15, -0.1) is 5.10 Å². The molecule has 0 fully saturated rings. The molecule has 0 aliphatic heterocycles. The van der Waals surface area contributed by atoms with Gasteiger partial charge in [0.1, 0.15) is 0 Å². The molecule has 0 saturated carbocycles. The maximum Gasteiger partial charge on any atom is 0.422 e. The third-order valence-corrected chi connectivity index (χ3v) is 2.68. The summed E-state index contributed by atoms with van der Waals surface area (Å²) < 4.78 is 38.1.